The van der Waals surface area contributed by atoms with Crippen LogP contribution in [0.1, 0.15) is 5.56 Å². The highest BCUT2D eigenvalue weighted by molar-refractivity contribution is 7.89. The van der Waals surface area contributed by atoms with Gasteiger partial charge in [0, 0.05) is 41.8 Å². The number of nitrogens with one attached hydrogen (secondary N) is 1. The molecular formula is C20H18Cl2N4O5S. The summed E-state index contributed by atoms with van der Waals surface area (Å²) in [4.78, 5) is 25.6. The molecule has 2 heterocycles. The summed E-state index contributed by atoms with van der Waals surface area (Å²) < 4.78 is 32.1. The first-order valence-corrected chi connectivity index (χ1v) is 11.8. The highest BCUT2D eigenvalue weighted by atomic mass is 35.5. The molecule has 1 amide bonds. The molecule has 0 unspecified atom stereocenters. The minimum Gasteiger partial charge on any atom is -0.388 e. The Morgan fingerprint density at radius 2 is 1.75 bits per heavy atom. The Hall–Kier alpha value is -2.66. The van der Waals surface area contributed by atoms with Gasteiger partial charge in [0.1, 0.15) is 0 Å². The van der Waals surface area contributed by atoms with Gasteiger partial charge in [-0.1, -0.05) is 35.3 Å². The molecule has 1 aliphatic heterocycles. The summed E-state index contributed by atoms with van der Waals surface area (Å²) >= 11 is 11.9. The summed E-state index contributed by atoms with van der Waals surface area (Å²) in [6, 6.07) is 11.2. The number of H-pyrrole nitrogens is 1. The molecule has 1 aliphatic rings. The standard InChI is InChI=1S/C20H18Cl2N4O5S/c21-15-10-16(22)12-17(11-15)32(29,30)26-6-4-25(5-7-26)18(27)9-13-2-1-3-14(8-13)19-23-24-20(28)31-19/h1-3,8,10-12H,4-7,9H2,(H,24,28). The van der Waals surface area contributed by atoms with Gasteiger partial charge in [-0.25, -0.2) is 18.3 Å². The highest BCUT2D eigenvalue weighted by Crippen LogP contribution is 2.25. The van der Waals surface area contributed by atoms with Gasteiger partial charge in [0.25, 0.3) is 0 Å². The smallest absolute Gasteiger partial charge is 0.388 e. The predicted molar refractivity (Wildman–Crippen MR) is 118 cm³/mol. The molecule has 0 bridgehead atoms. The Balaban J connectivity index is 1.40. The van der Waals surface area contributed by atoms with Gasteiger partial charge in [0.15, 0.2) is 0 Å². The fraction of sp³-hybridized carbons (Fsp3) is 0.250. The van der Waals surface area contributed by atoms with Crippen molar-refractivity contribution in [3.8, 4) is 11.5 Å². The number of benzene rings is 2. The lowest BCUT2D eigenvalue weighted by atomic mass is 10.1. The number of aromatic nitrogens is 2. The van der Waals surface area contributed by atoms with Crippen molar-refractivity contribution in [1.29, 1.82) is 0 Å². The lowest BCUT2D eigenvalue weighted by molar-refractivity contribution is -0.131. The minimum atomic E-state index is -3.77. The number of aromatic amines is 1. The molecule has 0 saturated carbocycles. The molecule has 1 fully saturated rings. The maximum atomic E-state index is 12.9. The van der Waals surface area contributed by atoms with E-state index in [1.165, 1.54) is 22.5 Å². The van der Waals surface area contributed by atoms with Gasteiger partial charge in [-0.15, -0.1) is 5.10 Å². The molecule has 2 aromatic carbocycles. The minimum absolute atomic E-state index is 0.0246. The summed E-state index contributed by atoms with van der Waals surface area (Å²) in [5.41, 5.74) is 1.30. The molecule has 1 N–H and O–H groups in total. The van der Waals surface area contributed by atoms with Crippen molar-refractivity contribution in [3.63, 3.8) is 0 Å². The van der Waals surface area contributed by atoms with E-state index >= 15 is 0 Å². The normalized spacial score (nSPS) is 15.1. The molecule has 0 atom stereocenters. The van der Waals surface area contributed by atoms with Crippen molar-refractivity contribution < 1.29 is 17.6 Å². The molecular weight excluding hydrogens is 479 g/mol. The average molecular weight is 497 g/mol. The average Bonchev–Trinajstić information content (AvgIpc) is 3.20. The van der Waals surface area contributed by atoms with Crippen LogP contribution in [0.3, 0.4) is 0 Å². The number of halogens is 2. The lowest BCUT2D eigenvalue weighted by Gasteiger charge is -2.34. The molecule has 168 valence electrons. The highest BCUT2D eigenvalue weighted by Gasteiger charge is 2.30. The first-order valence-electron chi connectivity index (χ1n) is 9.61. The van der Waals surface area contributed by atoms with Gasteiger partial charge in [0.2, 0.25) is 21.8 Å². The Morgan fingerprint density at radius 1 is 1.06 bits per heavy atom. The maximum Gasteiger partial charge on any atom is 0.434 e. The largest absolute Gasteiger partial charge is 0.434 e. The van der Waals surface area contributed by atoms with Crippen LogP contribution in [0.15, 0.2) is 56.6 Å². The van der Waals surface area contributed by atoms with Gasteiger partial charge in [0.05, 0.1) is 11.3 Å². The number of rotatable bonds is 5. The first kappa shape index (κ1) is 22.5. The third kappa shape index (κ3) is 4.88. The molecule has 1 aromatic heterocycles. The second-order valence-corrected chi connectivity index (χ2v) is 10.00. The number of carbonyl (C=O) groups excluding carboxylic acids is 1. The Labute approximate surface area is 193 Å². The number of carbonyl (C=O) groups is 1. The third-order valence-corrected chi connectivity index (χ3v) is 7.35. The molecule has 4 rings (SSSR count). The quantitative estimate of drug-likeness (QED) is 0.579. The van der Waals surface area contributed by atoms with Gasteiger partial charge >= 0.3 is 5.76 Å². The summed E-state index contributed by atoms with van der Waals surface area (Å²) in [6.45, 7) is 0.855. The number of nitrogens with zero attached hydrogens (tertiary/aromatic N) is 3. The van der Waals surface area contributed by atoms with E-state index in [0.717, 1.165) is 5.56 Å². The van der Waals surface area contributed by atoms with Crippen LogP contribution >= 0.6 is 23.2 Å². The van der Waals surface area contributed by atoms with E-state index in [-0.39, 0.29) is 59.3 Å². The number of piperazine rings is 1. The predicted octanol–water partition coefficient (Wildman–Crippen LogP) is 2.41. The third-order valence-electron chi connectivity index (χ3n) is 5.03. The zero-order valence-electron chi connectivity index (χ0n) is 16.6. The topological polar surface area (TPSA) is 117 Å². The van der Waals surface area contributed by atoms with E-state index in [2.05, 4.69) is 10.2 Å². The molecule has 0 aliphatic carbocycles. The SMILES string of the molecule is O=C(Cc1cccc(-c2n[nH]c(=O)o2)c1)N1CCN(S(=O)(=O)c2cc(Cl)cc(Cl)c2)CC1. The number of hydrogen-bond donors (Lipinski definition) is 1. The van der Waals surface area contributed by atoms with Crippen LogP contribution in [0.2, 0.25) is 10.0 Å². The number of hydrogen-bond acceptors (Lipinski definition) is 6. The zero-order valence-corrected chi connectivity index (χ0v) is 19.0. The van der Waals surface area contributed by atoms with Crippen LogP contribution in [0.4, 0.5) is 0 Å². The maximum absolute atomic E-state index is 12.9. The van der Waals surface area contributed by atoms with Gasteiger partial charge < -0.3 is 9.32 Å². The van der Waals surface area contributed by atoms with Gasteiger partial charge in [-0.3, -0.25) is 4.79 Å². The van der Waals surface area contributed by atoms with Gasteiger partial charge in [-0.05, 0) is 35.9 Å². The van der Waals surface area contributed by atoms with Gasteiger partial charge in [-0.2, -0.15) is 4.31 Å². The van der Waals surface area contributed by atoms with Crippen LogP contribution < -0.4 is 5.76 Å². The Kier molecular flexibility index (Phi) is 6.38. The van der Waals surface area contributed by atoms with Crippen LogP contribution in [-0.4, -0.2) is 59.9 Å². The Morgan fingerprint density at radius 3 is 2.38 bits per heavy atom. The fourth-order valence-electron chi connectivity index (χ4n) is 3.46. The molecule has 12 heteroatoms. The lowest BCUT2D eigenvalue weighted by Crippen LogP contribution is -2.50. The summed E-state index contributed by atoms with van der Waals surface area (Å²) in [5, 5.41) is 6.46. The van der Waals surface area contributed by atoms with Crippen LogP contribution in [-0.2, 0) is 21.2 Å². The van der Waals surface area contributed by atoms with Crippen molar-refractivity contribution in [2.24, 2.45) is 0 Å². The van der Waals surface area contributed by atoms with E-state index in [9.17, 15) is 18.0 Å². The number of amides is 1. The van der Waals surface area contributed by atoms with Crippen molar-refractivity contribution >= 4 is 39.1 Å². The molecule has 9 nitrogen and oxygen atoms in total. The molecule has 1 saturated heterocycles. The number of sulfonamides is 1. The molecule has 32 heavy (non-hydrogen) atoms. The fourth-order valence-corrected chi connectivity index (χ4v) is 5.61. The second-order valence-electron chi connectivity index (χ2n) is 7.19. The summed E-state index contributed by atoms with van der Waals surface area (Å²) in [7, 11) is -3.77. The summed E-state index contributed by atoms with van der Waals surface area (Å²) in [6.07, 6.45) is 0.124. The van der Waals surface area contributed by atoms with Crippen molar-refractivity contribution in [3.05, 3.63) is 68.6 Å². The van der Waals surface area contributed by atoms with Crippen molar-refractivity contribution in [2.75, 3.05) is 26.2 Å². The van der Waals surface area contributed by atoms with E-state index < -0.39 is 15.8 Å². The second kappa shape index (κ2) is 9.07. The van der Waals surface area contributed by atoms with E-state index in [0.29, 0.717) is 5.56 Å². The molecule has 0 spiro atoms. The van der Waals surface area contributed by atoms with E-state index in [1.807, 2.05) is 0 Å². The van der Waals surface area contributed by atoms with Crippen molar-refractivity contribution in [2.45, 2.75) is 11.3 Å². The molecule has 3 aromatic rings. The van der Waals surface area contributed by atoms with Crippen LogP contribution in [0.5, 0.6) is 0 Å². The van der Waals surface area contributed by atoms with E-state index in [4.69, 9.17) is 27.6 Å². The van der Waals surface area contributed by atoms with E-state index in [1.54, 1.807) is 29.2 Å². The zero-order chi connectivity index (χ0) is 22.9. The van der Waals surface area contributed by atoms with Crippen molar-refractivity contribution in [1.82, 2.24) is 19.4 Å². The molecule has 0 radical (unpaired) electrons. The summed E-state index contributed by atoms with van der Waals surface area (Å²) in [5.74, 6) is -0.646. The first-order chi connectivity index (χ1) is 15.2. The van der Waals surface area contributed by atoms with Crippen LogP contribution in [0, 0.1) is 0 Å². The monoisotopic (exact) mass is 496 g/mol. The van der Waals surface area contributed by atoms with Crippen LogP contribution in [0.25, 0.3) is 11.5 Å². The Bertz CT molecular complexity index is 1290.